The van der Waals surface area contributed by atoms with Crippen LogP contribution in [0.2, 0.25) is 5.15 Å². The maximum absolute atomic E-state index is 5.95. The third-order valence-corrected chi connectivity index (χ3v) is 3.11. The summed E-state index contributed by atoms with van der Waals surface area (Å²) in [6.45, 7) is 1.97. The lowest BCUT2D eigenvalue weighted by Gasteiger charge is -2.12. The third kappa shape index (κ3) is 3.08. The Morgan fingerprint density at radius 2 is 2.00 bits per heavy atom. The summed E-state index contributed by atoms with van der Waals surface area (Å²) in [5.41, 5.74) is 1.62. The average molecular weight is 299 g/mol. The second-order valence-corrected chi connectivity index (χ2v) is 4.46. The number of nitrogens with zero attached hydrogens (tertiary/aromatic N) is 2. The number of hydrogen-bond donors (Lipinski definition) is 0. The van der Waals surface area contributed by atoms with Crippen LogP contribution in [0.5, 0.6) is 17.4 Å². The van der Waals surface area contributed by atoms with Gasteiger partial charge < -0.3 is 9.47 Å². The molecule has 0 bridgehead atoms. The standard InChI is InChI=1S/C13H12Cl2N2O2/c1-8-3-4-10(11(5-8)18-2)19-13-9(6-14)12(15)16-7-17-13/h3-5,7H,6H2,1-2H3. The van der Waals surface area contributed by atoms with E-state index in [9.17, 15) is 0 Å². The highest BCUT2D eigenvalue weighted by Crippen LogP contribution is 2.34. The number of aryl methyl sites for hydroxylation is 1. The van der Waals surface area contributed by atoms with Gasteiger partial charge in [-0.05, 0) is 24.6 Å². The molecule has 0 atom stereocenters. The molecule has 0 spiro atoms. The quantitative estimate of drug-likeness (QED) is 0.633. The first-order valence-electron chi connectivity index (χ1n) is 5.53. The first kappa shape index (κ1) is 13.9. The number of aromatic nitrogens is 2. The summed E-state index contributed by atoms with van der Waals surface area (Å²) in [5.74, 6) is 1.67. The minimum atomic E-state index is 0.170. The molecule has 0 saturated heterocycles. The third-order valence-electron chi connectivity index (χ3n) is 2.51. The molecule has 1 aromatic heterocycles. The van der Waals surface area contributed by atoms with E-state index in [4.69, 9.17) is 32.7 Å². The van der Waals surface area contributed by atoms with Crippen LogP contribution in [0.4, 0.5) is 0 Å². The Bertz CT molecular complexity index is 591. The molecule has 0 saturated carbocycles. The number of rotatable bonds is 4. The van der Waals surface area contributed by atoms with Gasteiger partial charge in [-0.2, -0.15) is 0 Å². The van der Waals surface area contributed by atoms with Crippen LogP contribution < -0.4 is 9.47 Å². The van der Waals surface area contributed by atoms with E-state index in [1.807, 2.05) is 25.1 Å². The number of alkyl halides is 1. The summed E-state index contributed by atoms with van der Waals surface area (Å²) < 4.78 is 11.0. The van der Waals surface area contributed by atoms with Gasteiger partial charge in [-0.3, -0.25) is 0 Å². The SMILES string of the molecule is COc1cc(C)ccc1Oc1ncnc(Cl)c1CCl. The minimum absolute atomic E-state index is 0.170. The molecule has 0 fully saturated rings. The van der Waals surface area contributed by atoms with E-state index in [1.54, 1.807) is 7.11 Å². The second kappa shape index (κ2) is 6.08. The van der Waals surface area contributed by atoms with E-state index in [0.29, 0.717) is 22.9 Å². The van der Waals surface area contributed by atoms with Crippen molar-refractivity contribution in [2.75, 3.05) is 7.11 Å². The first-order valence-corrected chi connectivity index (χ1v) is 6.44. The summed E-state index contributed by atoms with van der Waals surface area (Å²) >= 11 is 11.8. The van der Waals surface area contributed by atoms with E-state index in [-0.39, 0.29) is 11.0 Å². The van der Waals surface area contributed by atoms with Crippen molar-refractivity contribution >= 4 is 23.2 Å². The zero-order chi connectivity index (χ0) is 13.8. The fourth-order valence-corrected chi connectivity index (χ4v) is 2.04. The molecule has 2 aromatic rings. The molecular formula is C13H12Cl2N2O2. The van der Waals surface area contributed by atoms with Crippen molar-refractivity contribution in [3.63, 3.8) is 0 Å². The molecule has 0 aliphatic rings. The number of hydrogen-bond acceptors (Lipinski definition) is 4. The van der Waals surface area contributed by atoms with Crippen molar-refractivity contribution < 1.29 is 9.47 Å². The first-order chi connectivity index (χ1) is 9.15. The van der Waals surface area contributed by atoms with Gasteiger partial charge in [0.15, 0.2) is 11.5 Å². The second-order valence-electron chi connectivity index (χ2n) is 3.84. The molecule has 0 aliphatic heterocycles. The molecule has 100 valence electrons. The summed E-state index contributed by atoms with van der Waals surface area (Å²) in [5, 5.41) is 0.283. The van der Waals surface area contributed by atoms with Gasteiger partial charge in [-0.15, -0.1) is 11.6 Å². The van der Waals surface area contributed by atoms with E-state index in [2.05, 4.69) is 9.97 Å². The van der Waals surface area contributed by atoms with Crippen LogP contribution in [0, 0.1) is 6.92 Å². The van der Waals surface area contributed by atoms with Crippen LogP contribution in [0.3, 0.4) is 0 Å². The Labute approximate surface area is 121 Å². The predicted octanol–water partition coefficient (Wildman–Crippen LogP) is 3.98. The zero-order valence-corrected chi connectivity index (χ0v) is 12.0. The van der Waals surface area contributed by atoms with Crippen LogP contribution in [0.1, 0.15) is 11.1 Å². The summed E-state index contributed by atoms with van der Waals surface area (Å²) in [6.07, 6.45) is 1.33. The molecule has 0 aliphatic carbocycles. The molecule has 0 N–H and O–H groups in total. The van der Waals surface area contributed by atoms with E-state index in [1.165, 1.54) is 6.33 Å². The van der Waals surface area contributed by atoms with Gasteiger partial charge in [-0.1, -0.05) is 17.7 Å². The highest BCUT2D eigenvalue weighted by molar-refractivity contribution is 6.31. The van der Waals surface area contributed by atoms with Crippen molar-refractivity contribution in [1.29, 1.82) is 0 Å². The zero-order valence-electron chi connectivity index (χ0n) is 10.5. The van der Waals surface area contributed by atoms with E-state index < -0.39 is 0 Å². The number of ether oxygens (including phenoxy) is 2. The molecule has 0 unspecified atom stereocenters. The van der Waals surface area contributed by atoms with E-state index in [0.717, 1.165) is 5.56 Å². The highest BCUT2D eigenvalue weighted by Gasteiger charge is 2.13. The normalized spacial score (nSPS) is 10.3. The topological polar surface area (TPSA) is 44.2 Å². The molecule has 19 heavy (non-hydrogen) atoms. The Balaban J connectivity index is 2.39. The summed E-state index contributed by atoms with van der Waals surface area (Å²) in [4.78, 5) is 7.91. The predicted molar refractivity (Wildman–Crippen MR) is 74.4 cm³/mol. The van der Waals surface area contributed by atoms with Crippen LogP contribution in [0.25, 0.3) is 0 Å². The summed E-state index contributed by atoms with van der Waals surface area (Å²) in [6, 6.07) is 5.60. The van der Waals surface area contributed by atoms with Crippen LogP contribution in [-0.2, 0) is 5.88 Å². The van der Waals surface area contributed by atoms with Crippen LogP contribution in [-0.4, -0.2) is 17.1 Å². The van der Waals surface area contributed by atoms with Crippen molar-refractivity contribution in [1.82, 2.24) is 9.97 Å². The fraction of sp³-hybridized carbons (Fsp3) is 0.231. The Morgan fingerprint density at radius 1 is 1.21 bits per heavy atom. The molecule has 1 aromatic carbocycles. The molecule has 4 nitrogen and oxygen atoms in total. The lowest BCUT2D eigenvalue weighted by Crippen LogP contribution is -1.97. The largest absolute Gasteiger partial charge is 0.493 e. The Kier molecular flexibility index (Phi) is 4.45. The maximum atomic E-state index is 5.95. The molecule has 2 rings (SSSR count). The summed E-state index contributed by atoms with van der Waals surface area (Å²) in [7, 11) is 1.58. The maximum Gasteiger partial charge on any atom is 0.228 e. The van der Waals surface area contributed by atoms with Gasteiger partial charge in [0.25, 0.3) is 0 Å². The van der Waals surface area contributed by atoms with Crippen LogP contribution >= 0.6 is 23.2 Å². The molecular weight excluding hydrogens is 287 g/mol. The lowest BCUT2D eigenvalue weighted by atomic mass is 10.2. The molecule has 1 heterocycles. The van der Waals surface area contributed by atoms with Crippen molar-refractivity contribution in [3.8, 4) is 17.4 Å². The van der Waals surface area contributed by atoms with Gasteiger partial charge in [-0.25, -0.2) is 9.97 Å². The van der Waals surface area contributed by atoms with E-state index >= 15 is 0 Å². The van der Waals surface area contributed by atoms with Crippen LogP contribution in [0.15, 0.2) is 24.5 Å². The Hall–Kier alpha value is -1.52. The van der Waals surface area contributed by atoms with Crippen molar-refractivity contribution in [3.05, 3.63) is 40.8 Å². The monoisotopic (exact) mass is 298 g/mol. The number of methoxy groups -OCH3 is 1. The Morgan fingerprint density at radius 3 is 2.68 bits per heavy atom. The fourth-order valence-electron chi connectivity index (χ4n) is 1.54. The highest BCUT2D eigenvalue weighted by atomic mass is 35.5. The minimum Gasteiger partial charge on any atom is -0.493 e. The van der Waals surface area contributed by atoms with Gasteiger partial charge in [0.2, 0.25) is 5.88 Å². The van der Waals surface area contributed by atoms with Crippen molar-refractivity contribution in [2.24, 2.45) is 0 Å². The number of benzene rings is 1. The van der Waals surface area contributed by atoms with Gasteiger partial charge in [0, 0.05) is 0 Å². The molecule has 0 radical (unpaired) electrons. The van der Waals surface area contributed by atoms with Gasteiger partial charge >= 0.3 is 0 Å². The van der Waals surface area contributed by atoms with Gasteiger partial charge in [0.05, 0.1) is 18.6 Å². The molecule has 6 heteroatoms. The van der Waals surface area contributed by atoms with Crippen molar-refractivity contribution in [2.45, 2.75) is 12.8 Å². The molecule has 0 amide bonds. The number of halogens is 2. The smallest absolute Gasteiger partial charge is 0.228 e. The van der Waals surface area contributed by atoms with Gasteiger partial charge in [0.1, 0.15) is 11.5 Å². The average Bonchev–Trinajstić information content (AvgIpc) is 2.41. The lowest BCUT2D eigenvalue weighted by molar-refractivity contribution is 0.372.